The van der Waals surface area contributed by atoms with Gasteiger partial charge in [0, 0.05) is 32.4 Å². The molecule has 0 amide bonds. The number of hydrogen-bond donors (Lipinski definition) is 1. The van der Waals surface area contributed by atoms with Crippen LogP contribution in [-0.2, 0) is 0 Å². The second-order valence-corrected chi connectivity index (χ2v) is 8.24. The molecule has 0 bridgehead atoms. The van der Waals surface area contributed by atoms with Gasteiger partial charge in [0.05, 0.1) is 6.07 Å². The molecule has 2 aromatic rings. The van der Waals surface area contributed by atoms with Crippen molar-refractivity contribution >= 4 is 36.0 Å². The summed E-state index contributed by atoms with van der Waals surface area (Å²) in [5.41, 5.74) is 2.91. The van der Waals surface area contributed by atoms with Crippen LogP contribution in [0.15, 0.2) is 27.7 Å². The summed E-state index contributed by atoms with van der Waals surface area (Å²) >= 11 is 0. The number of anilines is 3. The molecule has 0 unspecified atom stereocenters. The second kappa shape index (κ2) is 11.4. The van der Waals surface area contributed by atoms with Crippen LogP contribution < -0.4 is 15.2 Å². The summed E-state index contributed by atoms with van der Waals surface area (Å²) in [7, 11) is 0. The molecule has 2 fully saturated rings. The Morgan fingerprint density at radius 2 is 1.48 bits per heavy atom. The highest BCUT2D eigenvalue weighted by molar-refractivity contribution is 5.78. The van der Waals surface area contributed by atoms with Gasteiger partial charge in [-0.1, -0.05) is 25.7 Å². The van der Waals surface area contributed by atoms with Crippen molar-refractivity contribution < 1.29 is 9.34 Å². The van der Waals surface area contributed by atoms with E-state index in [1.54, 1.807) is 12.2 Å². The number of hydrazone groups is 1. The Hall–Kier alpha value is -3.50. The van der Waals surface area contributed by atoms with E-state index in [9.17, 15) is 10.1 Å². The highest BCUT2D eigenvalue weighted by atomic mass is 16.6. The molecule has 0 atom stereocenters. The maximum absolute atomic E-state index is 10.7. The predicted molar refractivity (Wildman–Crippen MR) is 128 cm³/mol. The first kappa shape index (κ1) is 22.7. The number of aromatic nitrogens is 3. The number of furan rings is 1. The van der Waals surface area contributed by atoms with Crippen LogP contribution in [0, 0.1) is 10.1 Å². The maximum atomic E-state index is 10.7. The summed E-state index contributed by atoms with van der Waals surface area (Å²) in [5, 5.41) is 14.9. The summed E-state index contributed by atoms with van der Waals surface area (Å²) in [6, 6.07) is 2.84. The van der Waals surface area contributed by atoms with E-state index in [2.05, 4.69) is 30.3 Å². The molecule has 11 heteroatoms. The third-order valence-corrected chi connectivity index (χ3v) is 5.77. The van der Waals surface area contributed by atoms with E-state index >= 15 is 0 Å². The van der Waals surface area contributed by atoms with Crippen molar-refractivity contribution in [3.05, 3.63) is 34.1 Å². The van der Waals surface area contributed by atoms with Gasteiger partial charge >= 0.3 is 5.88 Å². The molecule has 2 aliphatic heterocycles. The number of rotatable bonds is 7. The van der Waals surface area contributed by atoms with Crippen LogP contribution in [0.3, 0.4) is 0 Å². The molecule has 0 spiro atoms. The highest BCUT2D eigenvalue weighted by Crippen LogP contribution is 2.22. The van der Waals surface area contributed by atoms with Crippen molar-refractivity contribution in [1.82, 2.24) is 15.0 Å². The van der Waals surface area contributed by atoms with E-state index in [-0.39, 0.29) is 5.88 Å². The van der Waals surface area contributed by atoms with E-state index < -0.39 is 4.92 Å². The van der Waals surface area contributed by atoms with Crippen LogP contribution >= 0.6 is 0 Å². The van der Waals surface area contributed by atoms with Gasteiger partial charge < -0.3 is 14.2 Å². The van der Waals surface area contributed by atoms with Gasteiger partial charge in [0.25, 0.3) is 0 Å². The molecule has 1 N–H and O–H groups in total. The zero-order valence-electron chi connectivity index (χ0n) is 18.7. The molecule has 0 aromatic carbocycles. The minimum atomic E-state index is -0.572. The lowest BCUT2D eigenvalue weighted by Gasteiger charge is -2.24. The van der Waals surface area contributed by atoms with Crippen LogP contribution in [0.4, 0.5) is 23.7 Å². The van der Waals surface area contributed by atoms with E-state index in [4.69, 9.17) is 9.40 Å². The Bertz CT molecular complexity index is 936. The van der Waals surface area contributed by atoms with Crippen molar-refractivity contribution in [2.45, 2.75) is 51.4 Å². The highest BCUT2D eigenvalue weighted by Gasteiger charge is 2.19. The van der Waals surface area contributed by atoms with Crippen molar-refractivity contribution in [1.29, 1.82) is 0 Å². The topological polar surface area (TPSA) is 126 Å². The molecular formula is C22H30N8O3. The second-order valence-electron chi connectivity index (χ2n) is 8.24. The van der Waals surface area contributed by atoms with Crippen molar-refractivity contribution in [3.63, 3.8) is 0 Å². The number of allylic oxidation sites excluding steroid dienone is 1. The average Bonchev–Trinajstić information content (AvgIpc) is 3.00. The minimum absolute atomic E-state index is 0.294. The fourth-order valence-electron chi connectivity index (χ4n) is 4.03. The van der Waals surface area contributed by atoms with E-state index in [0.29, 0.717) is 23.6 Å². The third kappa shape index (κ3) is 6.50. The van der Waals surface area contributed by atoms with E-state index in [0.717, 1.165) is 51.9 Å². The molecule has 0 aliphatic carbocycles. The third-order valence-electron chi connectivity index (χ3n) is 5.77. The molecule has 11 nitrogen and oxygen atoms in total. The Balaban J connectivity index is 1.48. The monoisotopic (exact) mass is 454 g/mol. The molecular weight excluding hydrogens is 424 g/mol. The molecule has 2 saturated heterocycles. The lowest BCUT2D eigenvalue weighted by Crippen LogP contribution is -2.30. The first-order chi connectivity index (χ1) is 16.2. The predicted octanol–water partition coefficient (Wildman–Crippen LogP) is 4.24. The van der Waals surface area contributed by atoms with Crippen LogP contribution in [0.5, 0.6) is 0 Å². The number of nitro groups is 1. The summed E-state index contributed by atoms with van der Waals surface area (Å²) in [5.74, 6) is 1.88. The van der Waals surface area contributed by atoms with Crippen LogP contribution in [0.1, 0.15) is 57.1 Å². The summed E-state index contributed by atoms with van der Waals surface area (Å²) in [6.45, 7) is 3.79. The summed E-state index contributed by atoms with van der Waals surface area (Å²) in [6.07, 6.45) is 14.3. The lowest BCUT2D eigenvalue weighted by atomic mass is 10.2. The average molecular weight is 455 g/mol. The number of nitrogens with one attached hydrogen (secondary N) is 1. The molecule has 33 heavy (non-hydrogen) atoms. The maximum Gasteiger partial charge on any atom is 0.433 e. The van der Waals surface area contributed by atoms with E-state index in [1.165, 1.54) is 44.0 Å². The van der Waals surface area contributed by atoms with Crippen LogP contribution in [0.2, 0.25) is 0 Å². The smallest absolute Gasteiger partial charge is 0.401 e. The van der Waals surface area contributed by atoms with Crippen LogP contribution in [-0.4, -0.2) is 52.3 Å². The van der Waals surface area contributed by atoms with Gasteiger partial charge in [-0.05, 0) is 43.9 Å². The molecule has 176 valence electrons. The van der Waals surface area contributed by atoms with Crippen molar-refractivity contribution in [3.8, 4) is 0 Å². The van der Waals surface area contributed by atoms with Gasteiger partial charge in [0.1, 0.15) is 10.7 Å². The Morgan fingerprint density at radius 3 is 2.00 bits per heavy atom. The summed E-state index contributed by atoms with van der Waals surface area (Å²) in [4.78, 5) is 28.7. The molecule has 0 radical (unpaired) electrons. The summed E-state index contributed by atoms with van der Waals surface area (Å²) < 4.78 is 5.08. The van der Waals surface area contributed by atoms with E-state index in [1.807, 2.05) is 0 Å². The van der Waals surface area contributed by atoms with Gasteiger partial charge in [0.2, 0.25) is 17.8 Å². The Kier molecular flexibility index (Phi) is 7.83. The first-order valence-corrected chi connectivity index (χ1v) is 11.6. The van der Waals surface area contributed by atoms with Crippen LogP contribution in [0.25, 0.3) is 6.08 Å². The first-order valence-electron chi connectivity index (χ1n) is 11.6. The van der Waals surface area contributed by atoms with Gasteiger partial charge in [-0.25, -0.2) is 5.43 Å². The van der Waals surface area contributed by atoms with Gasteiger partial charge in [-0.15, -0.1) is 0 Å². The van der Waals surface area contributed by atoms with Gasteiger partial charge in [-0.3, -0.25) is 10.1 Å². The zero-order valence-corrected chi connectivity index (χ0v) is 18.7. The lowest BCUT2D eigenvalue weighted by molar-refractivity contribution is -0.402. The molecule has 4 heterocycles. The van der Waals surface area contributed by atoms with Crippen molar-refractivity contribution in [2.75, 3.05) is 41.4 Å². The number of hydrogen-bond acceptors (Lipinski definition) is 10. The fourth-order valence-corrected chi connectivity index (χ4v) is 4.03. The SMILES string of the molecule is O=[N+]([O-])c1ccc(/C=C\C=NNc2nc(N3CCCCCC3)nc(N3CCCCCC3)n2)o1. The Labute approximate surface area is 192 Å². The Morgan fingerprint density at radius 1 is 0.909 bits per heavy atom. The standard InChI is InChI=1S/C22H30N8O3/c31-30(32)19-12-11-18(33-19)10-9-13-23-27-20-24-21(28-14-5-1-2-6-15-28)26-22(25-20)29-16-7-3-4-8-17-29/h9-13H,1-8,14-17H2,(H,24,25,26,27)/b10-9-,23-13?. The van der Waals surface area contributed by atoms with Gasteiger partial charge in [-0.2, -0.15) is 20.1 Å². The fraction of sp³-hybridized carbons (Fsp3) is 0.545. The normalized spacial score (nSPS) is 17.9. The van der Waals surface area contributed by atoms with Crippen molar-refractivity contribution in [2.24, 2.45) is 5.10 Å². The quantitative estimate of drug-likeness (QED) is 0.371. The van der Waals surface area contributed by atoms with Gasteiger partial charge in [0.15, 0.2) is 0 Å². The molecule has 4 rings (SSSR count). The molecule has 2 aliphatic rings. The molecule has 2 aromatic heterocycles. The largest absolute Gasteiger partial charge is 0.433 e. The molecule has 0 saturated carbocycles. The number of nitrogens with zero attached hydrogens (tertiary/aromatic N) is 7. The zero-order chi connectivity index (χ0) is 22.9. The minimum Gasteiger partial charge on any atom is -0.401 e.